The molecule has 0 radical (unpaired) electrons. The Morgan fingerprint density at radius 3 is 3.00 bits per heavy atom. The predicted molar refractivity (Wildman–Crippen MR) is 61.4 cm³/mol. The van der Waals surface area contributed by atoms with E-state index in [1.54, 1.807) is 12.1 Å². The second-order valence-electron chi connectivity index (χ2n) is 4.46. The van der Waals surface area contributed by atoms with Gasteiger partial charge in [-0.2, -0.15) is 0 Å². The van der Waals surface area contributed by atoms with E-state index in [0.717, 1.165) is 18.0 Å². The molecule has 2 aliphatic rings. The molecule has 0 spiro atoms. The van der Waals surface area contributed by atoms with Crippen LogP contribution in [0.1, 0.15) is 12.8 Å². The molecule has 4 heteroatoms. The number of carbonyl (C=O) groups excluding carboxylic acids is 1. The molecule has 0 bridgehead atoms. The lowest BCUT2D eigenvalue weighted by molar-refractivity contribution is -0.121. The molecule has 1 amide bonds. The maximum absolute atomic E-state index is 11.8. The second kappa shape index (κ2) is 3.40. The van der Waals surface area contributed by atoms with E-state index in [9.17, 15) is 4.79 Å². The minimum atomic E-state index is 0.0455. The van der Waals surface area contributed by atoms with Gasteiger partial charge in [0.2, 0.25) is 0 Å². The third kappa shape index (κ3) is 1.60. The summed E-state index contributed by atoms with van der Waals surface area (Å²) in [5.41, 5.74) is 7.22. The highest BCUT2D eigenvalue weighted by molar-refractivity contribution is 5.98. The van der Waals surface area contributed by atoms with Crippen molar-refractivity contribution < 1.29 is 9.53 Å². The van der Waals surface area contributed by atoms with Crippen LogP contribution in [0.5, 0.6) is 5.75 Å². The van der Waals surface area contributed by atoms with E-state index in [-0.39, 0.29) is 12.5 Å². The van der Waals surface area contributed by atoms with Crippen molar-refractivity contribution in [3.8, 4) is 5.75 Å². The Balaban J connectivity index is 1.95. The fourth-order valence-electron chi connectivity index (χ4n) is 1.98. The molecule has 2 N–H and O–H groups in total. The number of amides is 1. The first-order valence-corrected chi connectivity index (χ1v) is 5.57. The SMILES string of the molecule is Nc1ccc2c(c1)OCC(=O)N2CC1CC1. The molecular weight excluding hydrogens is 204 g/mol. The van der Waals surface area contributed by atoms with Crippen LogP contribution in [0.25, 0.3) is 0 Å². The molecule has 3 rings (SSSR count). The number of nitrogens with zero attached hydrogens (tertiary/aromatic N) is 1. The average Bonchev–Trinajstić information content (AvgIpc) is 3.06. The van der Waals surface area contributed by atoms with E-state index in [4.69, 9.17) is 10.5 Å². The number of ether oxygens (including phenoxy) is 1. The number of fused-ring (bicyclic) bond motifs is 1. The van der Waals surface area contributed by atoms with Crippen molar-refractivity contribution in [2.24, 2.45) is 5.92 Å². The maximum atomic E-state index is 11.8. The Morgan fingerprint density at radius 2 is 2.25 bits per heavy atom. The van der Waals surface area contributed by atoms with E-state index in [2.05, 4.69) is 0 Å². The summed E-state index contributed by atoms with van der Waals surface area (Å²) >= 11 is 0. The zero-order valence-corrected chi connectivity index (χ0v) is 8.98. The molecule has 4 nitrogen and oxygen atoms in total. The third-order valence-corrected chi connectivity index (χ3v) is 3.06. The van der Waals surface area contributed by atoms with Gasteiger partial charge in [-0.3, -0.25) is 4.79 Å². The van der Waals surface area contributed by atoms with Crippen molar-refractivity contribution in [3.05, 3.63) is 18.2 Å². The highest BCUT2D eigenvalue weighted by Crippen LogP contribution is 2.37. The highest BCUT2D eigenvalue weighted by Gasteiger charge is 2.31. The summed E-state index contributed by atoms with van der Waals surface area (Å²) in [7, 11) is 0. The number of benzene rings is 1. The van der Waals surface area contributed by atoms with Gasteiger partial charge in [0.1, 0.15) is 5.75 Å². The van der Waals surface area contributed by atoms with Crippen molar-refractivity contribution in [1.29, 1.82) is 0 Å². The fraction of sp³-hybridized carbons (Fsp3) is 0.417. The van der Waals surface area contributed by atoms with Gasteiger partial charge in [-0.05, 0) is 30.9 Å². The molecule has 1 aromatic carbocycles. The van der Waals surface area contributed by atoms with Crippen LogP contribution in [0, 0.1) is 5.92 Å². The topological polar surface area (TPSA) is 55.6 Å². The lowest BCUT2D eigenvalue weighted by Crippen LogP contribution is -2.40. The zero-order valence-electron chi connectivity index (χ0n) is 8.98. The van der Waals surface area contributed by atoms with Crippen LogP contribution in [0.2, 0.25) is 0 Å². The molecular formula is C12H14N2O2. The molecule has 1 aromatic rings. The molecule has 1 fully saturated rings. The van der Waals surface area contributed by atoms with Crippen molar-refractivity contribution in [2.75, 3.05) is 23.8 Å². The van der Waals surface area contributed by atoms with Crippen LogP contribution >= 0.6 is 0 Å². The lowest BCUT2D eigenvalue weighted by Gasteiger charge is -2.29. The predicted octanol–water partition coefficient (Wildman–Crippen LogP) is 1.40. The summed E-state index contributed by atoms with van der Waals surface area (Å²) in [4.78, 5) is 13.6. The molecule has 0 aromatic heterocycles. The van der Waals surface area contributed by atoms with Crippen molar-refractivity contribution in [2.45, 2.75) is 12.8 Å². The summed E-state index contributed by atoms with van der Waals surface area (Å²) in [6.07, 6.45) is 2.46. The van der Waals surface area contributed by atoms with E-state index < -0.39 is 0 Å². The Morgan fingerprint density at radius 1 is 1.44 bits per heavy atom. The van der Waals surface area contributed by atoms with Crippen molar-refractivity contribution >= 4 is 17.3 Å². The number of carbonyl (C=O) groups is 1. The number of anilines is 2. The van der Waals surface area contributed by atoms with Crippen molar-refractivity contribution in [3.63, 3.8) is 0 Å². The smallest absolute Gasteiger partial charge is 0.265 e. The summed E-state index contributed by atoms with van der Waals surface area (Å²) in [6, 6.07) is 5.45. The van der Waals surface area contributed by atoms with Crippen LogP contribution in [-0.2, 0) is 4.79 Å². The quantitative estimate of drug-likeness (QED) is 0.763. The van der Waals surface area contributed by atoms with Gasteiger partial charge < -0.3 is 15.4 Å². The van der Waals surface area contributed by atoms with Crippen LogP contribution < -0.4 is 15.4 Å². The molecule has 0 saturated heterocycles. The van der Waals surface area contributed by atoms with E-state index in [1.165, 1.54) is 12.8 Å². The molecule has 0 atom stereocenters. The van der Waals surface area contributed by atoms with E-state index in [1.807, 2.05) is 11.0 Å². The Labute approximate surface area is 94.0 Å². The Kier molecular flexibility index (Phi) is 2.02. The molecule has 1 aliphatic heterocycles. The first kappa shape index (κ1) is 9.51. The number of nitrogen functional groups attached to an aromatic ring is 1. The first-order chi connectivity index (χ1) is 7.74. The number of rotatable bonds is 2. The maximum Gasteiger partial charge on any atom is 0.265 e. The Hall–Kier alpha value is -1.71. The minimum absolute atomic E-state index is 0.0455. The highest BCUT2D eigenvalue weighted by atomic mass is 16.5. The number of hydrogen-bond donors (Lipinski definition) is 1. The van der Waals surface area contributed by atoms with Gasteiger partial charge in [0.15, 0.2) is 6.61 Å². The van der Waals surface area contributed by atoms with Crippen LogP contribution in [0.4, 0.5) is 11.4 Å². The molecule has 16 heavy (non-hydrogen) atoms. The average molecular weight is 218 g/mol. The first-order valence-electron chi connectivity index (χ1n) is 5.57. The molecule has 1 aliphatic carbocycles. The normalized spacial score (nSPS) is 19.2. The fourth-order valence-corrected chi connectivity index (χ4v) is 1.98. The monoisotopic (exact) mass is 218 g/mol. The third-order valence-electron chi connectivity index (χ3n) is 3.06. The standard InChI is InChI=1S/C12H14N2O2/c13-9-3-4-10-11(5-9)16-7-12(15)14(10)6-8-1-2-8/h3-5,8H,1-2,6-7,13H2. The minimum Gasteiger partial charge on any atom is -0.481 e. The van der Waals surface area contributed by atoms with E-state index >= 15 is 0 Å². The summed E-state index contributed by atoms with van der Waals surface area (Å²) in [6.45, 7) is 0.947. The van der Waals surface area contributed by atoms with Crippen LogP contribution in [0.3, 0.4) is 0 Å². The van der Waals surface area contributed by atoms with E-state index in [0.29, 0.717) is 11.6 Å². The number of hydrogen-bond acceptors (Lipinski definition) is 3. The van der Waals surface area contributed by atoms with Gasteiger partial charge in [-0.15, -0.1) is 0 Å². The van der Waals surface area contributed by atoms with Gasteiger partial charge >= 0.3 is 0 Å². The van der Waals surface area contributed by atoms with Crippen LogP contribution in [-0.4, -0.2) is 19.1 Å². The summed E-state index contributed by atoms with van der Waals surface area (Å²) in [5.74, 6) is 1.44. The van der Waals surface area contributed by atoms with Gasteiger partial charge in [-0.1, -0.05) is 0 Å². The summed E-state index contributed by atoms with van der Waals surface area (Å²) < 4.78 is 5.38. The summed E-state index contributed by atoms with van der Waals surface area (Å²) in [5, 5.41) is 0. The molecule has 84 valence electrons. The molecule has 1 saturated carbocycles. The van der Waals surface area contributed by atoms with Gasteiger partial charge in [0, 0.05) is 18.3 Å². The zero-order chi connectivity index (χ0) is 11.1. The van der Waals surface area contributed by atoms with Crippen LogP contribution in [0.15, 0.2) is 18.2 Å². The second-order valence-corrected chi connectivity index (χ2v) is 4.46. The molecule has 0 unspecified atom stereocenters. The van der Waals surface area contributed by atoms with Gasteiger partial charge in [0.05, 0.1) is 5.69 Å². The van der Waals surface area contributed by atoms with Gasteiger partial charge in [-0.25, -0.2) is 0 Å². The lowest BCUT2D eigenvalue weighted by atomic mass is 10.2. The van der Waals surface area contributed by atoms with Gasteiger partial charge in [0.25, 0.3) is 5.91 Å². The number of nitrogens with two attached hydrogens (primary N) is 1. The largest absolute Gasteiger partial charge is 0.481 e. The Bertz CT molecular complexity index is 441. The van der Waals surface area contributed by atoms with Crippen molar-refractivity contribution in [1.82, 2.24) is 0 Å². The molecule has 1 heterocycles.